The van der Waals surface area contributed by atoms with E-state index >= 15 is 0 Å². The van der Waals surface area contributed by atoms with Gasteiger partial charge in [-0.05, 0) is 48.3 Å². The predicted molar refractivity (Wildman–Crippen MR) is 117 cm³/mol. The van der Waals surface area contributed by atoms with E-state index in [9.17, 15) is 9.59 Å². The van der Waals surface area contributed by atoms with E-state index in [1.54, 1.807) is 42.2 Å². The van der Waals surface area contributed by atoms with Gasteiger partial charge in [-0.2, -0.15) is 16.9 Å². The molecule has 0 heterocycles. The molecule has 7 heteroatoms. The van der Waals surface area contributed by atoms with Crippen LogP contribution in [0.1, 0.15) is 22.3 Å². The Morgan fingerprint density at radius 1 is 1.11 bits per heavy atom. The molecule has 0 aliphatic heterocycles. The molecule has 148 valence electrons. The number of hydrogen-bond acceptors (Lipinski definition) is 5. The number of nitrogens with one attached hydrogen (secondary N) is 2. The van der Waals surface area contributed by atoms with Crippen LogP contribution in [0.3, 0.4) is 0 Å². The van der Waals surface area contributed by atoms with Crippen LogP contribution in [0.2, 0.25) is 0 Å². The summed E-state index contributed by atoms with van der Waals surface area (Å²) < 4.78 is 0. The van der Waals surface area contributed by atoms with Gasteiger partial charge in [-0.25, -0.2) is 5.43 Å². The number of anilines is 1. The number of nitrogens with zero attached hydrogens (tertiary/aromatic N) is 2. The zero-order valence-electron chi connectivity index (χ0n) is 16.4. The van der Waals surface area contributed by atoms with Gasteiger partial charge in [0.15, 0.2) is 0 Å². The average molecular weight is 399 g/mol. The first-order valence-electron chi connectivity index (χ1n) is 8.96. The Morgan fingerprint density at radius 3 is 2.39 bits per heavy atom. The lowest BCUT2D eigenvalue weighted by Crippen LogP contribution is -2.45. The summed E-state index contributed by atoms with van der Waals surface area (Å²) in [5.74, 6) is 0.146. The number of benzene rings is 2. The smallest absolute Gasteiger partial charge is 0.262 e. The minimum atomic E-state index is -0.645. The van der Waals surface area contributed by atoms with Gasteiger partial charge < -0.3 is 10.2 Å². The normalized spacial score (nSPS) is 11.8. The molecule has 6 nitrogen and oxygen atoms in total. The Bertz CT molecular complexity index is 792. The maximum absolute atomic E-state index is 12.5. The summed E-state index contributed by atoms with van der Waals surface area (Å²) in [6, 6.07) is 16.0. The first-order chi connectivity index (χ1) is 13.5. The third-order valence-electron chi connectivity index (χ3n) is 4.07. The summed E-state index contributed by atoms with van der Waals surface area (Å²) in [6.45, 7) is 0. The molecule has 0 spiro atoms. The second kappa shape index (κ2) is 11.1. The first-order valence-corrected chi connectivity index (χ1v) is 10.4. The van der Waals surface area contributed by atoms with Crippen LogP contribution in [0, 0.1) is 0 Å². The second-order valence-corrected chi connectivity index (χ2v) is 7.38. The quantitative estimate of drug-likeness (QED) is 0.503. The van der Waals surface area contributed by atoms with E-state index in [1.165, 1.54) is 0 Å². The molecule has 1 atom stereocenters. The van der Waals surface area contributed by atoms with Crippen molar-refractivity contribution in [1.29, 1.82) is 0 Å². The average Bonchev–Trinajstić information content (AvgIpc) is 2.71. The third kappa shape index (κ3) is 6.74. The van der Waals surface area contributed by atoms with E-state index in [-0.39, 0.29) is 11.8 Å². The monoisotopic (exact) mass is 398 g/mol. The van der Waals surface area contributed by atoms with E-state index in [4.69, 9.17) is 0 Å². The van der Waals surface area contributed by atoms with Crippen molar-refractivity contribution in [3.63, 3.8) is 0 Å². The molecular formula is C21H26N4O2S. The number of rotatable bonds is 9. The van der Waals surface area contributed by atoms with Gasteiger partial charge in [0.25, 0.3) is 11.8 Å². The van der Waals surface area contributed by atoms with Crippen molar-refractivity contribution < 1.29 is 9.59 Å². The lowest BCUT2D eigenvalue weighted by Gasteiger charge is -2.16. The maximum Gasteiger partial charge on any atom is 0.262 e. The lowest BCUT2D eigenvalue weighted by molar-refractivity contribution is -0.123. The molecule has 0 radical (unpaired) electrons. The number of carbonyl (C=O) groups excluding carboxylic acids is 2. The summed E-state index contributed by atoms with van der Waals surface area (Å²) in [5.41, 5.74) is 5.01. The highest BCUT2D eigenvalue weighted by Crippen LogP contribution is 2.11. The van der Waals surface area contributed by atoms with E-state index in [1.807, 2.05) is 55.6 Å². The van der Waals surface area contributed by atoms with Gasteiger partial charge in [0.2, 0.25) is 0 Å². The maximum atomic E-state index is 12.5. The minimum Gasteiger partial charge on any atom is -0.378 e. The Morgan fingerprint density at radius 2 is 1.79 bits per heavy atom. The van der Waals surface area contributed by atoms with Crippen molar-refractivity contribution in [2.45, 2.75) is 12.5 Å². The van der Waals surface area contributed by atoms with Gasteiger partial charge in [-0.15, -0.1) is 0 Å². The van der Waals surface area contributed by atoms with Gasteiger partial charge >= 0.3 is 0 Å². The van der Waals surface area contributed by atoms with Gasteiger partial charge in [-0.3, -0.25) is 9.59 Å². The highest BCUT2D eigenvalue weighted by atomic mass is 32.2. The fourth-order valence-corrected chi connectivity index (χ4v) is 2.91. The molecule has 0 saturated heterocycles. The molecule has 2 rings (SSSR count). The van der Waals surface area contributed by atoms with Crippen molar-refractivity contribution in [2.24, 2.45) is 5.10 Å². The van der Waals surface area contributed by atoms with Crippen LogP contribution in [-0.4, -0.2) is 50.2 Å². The summed E-state index contributed by atoms with van der Waals surface area (Å²) in [6.07, 6.45) is 4.07. The number of hydrogen-bond donors (Lipinski definition) is 2. The van der Waals surface area contributed by atoms with Crippen LogP contribution >= 0.6 is 11.8 Å². The van der Waals surface area contributed by atoms with Gasteiger partial charge in [0.1, 0.15) is 6.04 Å². The second-order valence-electron chi connectivity index (χ2n) is 6.39. The fourth-order valence-electron chi connectivity index (χ4n) is 2.44. The van der Waals surface area contributed by atoms with Crippen LogP contribution in [0.4, 0.5) is 5.69 Å². The predicted octanol–water partition coefficient (Wildman–Crippen LogP) is 2.75. The number of thioether (sulfide) groups is 1. The van der Waals surface area contributed by atoms with Crippen molar-refractivity contribution in [3.05, 3.63) is 65.7 Å². The molecule has 0 saturated carbocycles. The molecule has 0 bridgehead atoms. The number of amides is 2. The molecule has 2 N–H and O–H groups in total. The fraction of sp³-hybridized carbons (Fsp3) is 0.286. The first kappa shape index (κ1) is 21.5. The highest BCUT2D eigenvalue weighted by Gasteiger charge is 2.20. The summed E-state index contributed by atoms with van der Waals surface area (Å²) in [5, 5.41) is 6.82. The van der Waals surface area contributed by atoms with Crippen LogP contribution in [-0.2, 0) is 4.79 Å². The van der Waals surface area contributed by atoms with Crippen molar-refractivity contribution >= 4 is 35.5 Å². The Hall–Kier alpha value is -2.80. The van der Waals surface area contributed by atoms with E-state index in [2.05, 4.69) is 15.8 Å². The zero-order chi connectivity index (χ0) is 20.4. The Kier molecular flexibility index (Phi) is 8.55. The Balaban J connectivity index is 1.96. The number of hydrazone groups is 1. The highest BCUT2D eigenvalue weighted by molar-refractivity contribution is 7.98. The molecule has 0 fully saturated rings. The SMILES string of the molecule is CSCC[C@@H](NC(=O)c1ccccc1)C(=O)N/N=C\c1ccc(N(C)C)cc1. The summed E-state index contributed by atoms with van der Waals surface area (Å²) in [4.78, 5) is 26.9. The molecule has 28 heavy (non-hydrogen) atoms. The molecule has 2 amide bonds. The molecule has 0 aliphatic rings. The molecule has 0 aromatic heterocycles. The van der Waals surface area contributed by atoms with E-state index in [0.717, 1.165) is 17.0 Å². The van der Waals surface area contributed by atoms with E-state index < -0.39 is 6.04 Å². The van der Waals surface area contributed by atoms with Crippen molar-refractivity contribution in [1.82, 2.24) is 10.7 Å². The zero-order valence-corrected chi connectivity index (χ0v) is 17.2. The van der Waals surface area contributed by atoms with Crippen LogP contribution in [0.15, 0.2) is 59.7 Å². The van der Waals surface area contributed by atoms with Crippen LogP contribution < -0.4 is 15.6 Å². The largest absolute Gasteiger partial charge is 0.378 e. The van der Waals surface area contributed by atoms with Crippen molar-refractivity contribution in [3.8, 4) is 0 Å². The summed E-state index contributed by atoms with van der Waals surface area (Å²) >= 11 is 1.62. The van der Waals surface area contributed by atoms with Gasteiger partial charge in [-0.1, -0.05) is 30.3 Å². The minimum absolute atomic E-state index is 0.273. The van der Waals surface area contributed by atoms with Gasteiger partial charge in [0, 0.05) is 25.3 Å². The molecule has 2 aromatic carbocycles. The molecule has 2 aromatic rings. The van der Waals surface area contributed by atoms with E-state index in [0.29, 0.717) is 12.0 Å². The van der Waals surface area contributed by atoms with Crippen LogP contribution in [0.5, 0.6) is 0 Å². The Labute approximate surface area is 170 Å². The lowest BCUT2D eigenvalue weighted by atomic mass is 10.1. The van der Waals surface area contributed by atoms with Crippen LogP contribution in [0.25, 0.3) is 0 Å². The van der Waals surface area contributed by atoms with Crippen molar-refractivity contribution in [2.75, 3.05) is 31.0 Å². The topological polar surface area (TPSA) is 73.8 Å². The van der Waals surface area contributed by atoms with Gasteiger partial charge in [0.05, 0.1) is 6.21 Å². The summed E-state index contributed by atoms with van der Waals surface area (Å²) in [7, 11) is 3.95. The standard InChI is InChI=1S/C21H26N4O2S/c1-25(2)18-11-9-16(10-12-18)15-22-24-21(27)19(13-14-28-3)23-20(26)17-7-5-4-6-8-17/h4-12,15,19H,13-14H2,1-3H3,(H,23,26)(H,24,27)/b22-15-/t19-/m1/s1. The third-order valence-corrected chi connectivity index (χ3v) is 4.71. The molecule has 0 unspecified atom stereocenters. The molecule has 0 aliphatic carbocycles. The number of carbonyl (C=O) groups is 2. The molecular weight excluding hydrogens is 372 g/mol.